The van der Waals surface area contributed by atoms with Crippen LogP contribution in [0.4, 0.5) is 5.69 Å². The molecule has 1 aliphatic heterocycles. The smallest absolute Gasteiger partial charge is 0.224 e. The Morgan fingerprint density at radius 3 is 2.90 bits per heavy atom. The summed E-state index contributed by atoms with van der Waals surface area (Å²) >= 11 is 0. The summed E-state index contributed by atoms with van der Waals surface area (Å²) in [6.45, 7) is 5.58. The molecule has 0 unspecified atom stereocenters. The second-order valence-electron chi connectivity index (χ2n) is 5.79. The number of amides is 2. The molecule has 21 heavy (non-hydrogen) atoms. The molecule has 1 N–H and O–H groups in total. The highest BCUT2D eigenvalue weighted by Gasteiger charge is 2.17. The summed E-state index contributed by atoms with van der Waals surface area (Å²) in [6.07, 6.45) is 7.35. The number of likely N-dealkylation sites (tertiary alicyclic amines) is 1. The monoisotopic (exact) mass is 292 g/mol. The molecule has 1 aliphatic rings. The van der Waals surface area contributed by atoms with E-state index in [0.29, 0.717) is 25.8 Å². The van der Waals surface area contributed by atoms with E-state index in [4.69, 9.17) is 0 Å². The maximum Gasteiger partial charge on any atom is 0.224 e. The number of carbonyl (C=O) groups excluding carboxylic acids is 2. The summed E-state index contributed by atoms with van der Waals surface area (Å²) in [5.41, 5.74) is 0.725. The minimum Gasteiger partial charge on any atom is -0.343 e. The normalized spacial score (nSPS) is 15.6. The lowest BCUT2D eigenvalue weighted by molar-refractivity contribution is -0.133. The van der Waals surface area contributed by atoms with E-state index >= 15 is 0 Å². The van der Waals surface area contributed by atoms with Gasteiger partial charge in [0, 0.05) is 38.2 Å². The third-order valence-electron chi connectivity index (χ3n) is 3.67. The van der Waals surface area contributed by atoms with Crippen molar-refractivity contribution in [3.63, 3.8) is 0 Å². The highest BCUT2D eigenvalue weighted by Crippen LogP contribution is 2.12. The van der Waals surface area contributed by atoms with E-state index in [1.807, 2.05) is 29.6 Å². The summed E-state index contributed by atoms with van der Waals surface area (Å²) in [5.74, 6) is 0.197. The lowest BCUT2D eigenvalue weighted by atomic mass is 10.1. The first-order valence-electron chi connectivity index (χ1n) is 7.68. The molecule has 1 aromatic rings. The summed E-state index contributed by atoms with van der Waals surface area (Å²) < 4.78 is 1.81. The molecule has 116 valence electrons. The zero-order valence-electron chi connectivity index (χ0n) is 12.8. The standard InChI is InChI=1S/C15H24N4O2/c1-12(2)19-11-13(10-16-19)17-14(20)6-5-9-18-8-4-3-7-15(18)21/h10-12H,3-9H2,1-2H3,(H,17,20). The van der Waals surface area contributed by atoms with Crippen molar-refractivity contribution in [1.82, 2.24) is 14.7 Å². The SMILES string of the molecule is CC(C)n1cc(NC(=O)CCCN2CCCCC2=O)cn1. The van der Waals surface area contributed by atoms with Crippen molar-refractivity contribution in [3.8, 4) is 0 Å². The molecule has 0 atom stereocenters. The summed E-state index contributed by atoms with van der Waals surface area (Å²) in [5, 5.41) is 7.02. The van der Waals surface area contributed by atoms with Gasteiger partial charge in [-0.1, -0.05) is 0 Å². The fourth-order valence-electron chi connectivity index (χ4n) is 2.44. The van der Waals surface area contributed by atoms with Crippen LogP contribution in [-0.4, -0.2) is 39.6 Å². The van der Waals surface area contributed by atoms with Crippen molar-refractivity contribution in [2.45, 2.75) is 52.0 Å². The Hall–Kier alpha value is -1.85. The van der Waals surface area contributed by atoms with Gasteiger partial charge in [-0.25, -0.2) is 0 Å². The maximum absolute atomic E-state index is 11.9. The van der Waals surface area contributed by atoms with Gasteiger partial charge in [0.1, 0.15) is 0 Å². The molecule has 0 radical (unpaired) electrons. The van der Waals surface area contributed by atoms with Crippen LogP contribution in [0, 0.1) is 0 Å². The molecule has 2 rings (SSSR count). The van der Waals surface area contributed by atoms with E-state index in [0.717, 1.165) is 25.1 Å². The van der Waals surface area contributed by atoms with Crippen LogP contribution in [0.1, 0.15) is 52.0 Å². The van der Waals surface area contributed by atoms with Crippen LogP contribution in [0.25, 0.3) is 0 Å². The molecule has 0 spiro atoms. The molecular weight excluding hydrogens is 268 g/mol. The summed E-state index contributed by atoms with van der Waals surface area (Å²) in [4.78, 5) is 25.4. The number of hydrogen-bond donors (Lipinski definition) is 1. The first-order chi connectivity index (χ1) is 10.1. The van der Waals surface area contributed by atoms with E-state index < -0.39 is 0 Å². The fraction of sp³-hybridized carbons (Fsp3) is 0.667. The number of aromatic nitrogens is 2. The van der Waals surface area contributed by atoms with E-state index in [9.17, 15) is 9.59 Å². The van der Waals surface area contributed by atoms with Crippen LogP contribution in [0.5, 0.6) is 0 Å². The molecule has 0 aliphatic carbocycles. The van der Waals surface area contributed by atoms with Crippen molar-refractivity contribution < 1.29 is 9.59 Å². The predicted octanol–water partition coefficient (Wildman–Crippen LogP) is 2.20. The Kier molecular flexibility index (Phi) is 5.36. The molecule has 0 aromatic carbocycles. The summed E-state index contributed by atoms with van der Waals surface area (Å²) in [6, 6.07) is 0.278. The lowest BCUT2D eigenvalue weighted by Crippen LogP contribution is -2.36. The van der Waals surface area contributed by atoms with Gasteiger partial charge in [0.15, 0.2) is 0 Å². The quantitative estimate of drug-likeness (QED) is 0.874. The minimum absolute atomic E-state index is 0.0252. The number of rotatable bonds is 6. The largest absolute Gasteiger partial charge is 0.343 e. The third kappa shape index (κ3) is 4.58. The van der Waals surface area contributed by atoms with Crippen molar-refractivity contribution >= 4 is 17.5 Å². The van der Waals surface area contributed by atoms with E-state index in [-0.39, 0.29) is 17.9 Å². The van der Waals surface area contributed by atoms with Gasteiger partial charge in [0.2, 0.25) is 11.8 Å². The Morgan fingerprint density at radius 2 is 2.24 bits per heavy atom. The molecule has 2 amide bonds. The van der Waals surface area contributed by atoms with Gasteiger partial charge in [-0.05, 0) is 33.1 Å². The van der Waals surface area contributed by atoms with Crippen LogP contribution in [0.15, 0.2) is 12.4 Å². The predicted molar refractivity (Wildman–Crippen MR) is 80.9 cm³/mol. The van der Waals surface area contributed by atoms with Crippen molar-refractivity contribution in [2.75, 3.05) is 18.4 Å². The number of nitrogens with zero attached hydrogens (tertiary/aromatic N) is 3. The van der Waals surface area contributed by atoms with E-state index in [1.165, 1.54) is 0 Å². The number of anilines is 1. The molecule has 2 heterocycles. The first kappa shape index (κ1) is 15.5. The van der Waals surface area contributed by atoms with Gasteiger partial charge >= 0.3 is 0 Å². The van der Waals surface area contributed by atoms with Gasteiger partial charge in [-0.3, -0.25) is 14.3 Å². The van der Waals surface area contributed by atoms with Crippen LogP contribution in [-0.2, 0) is 9.59 Å². The first-order valence-corrected chi connectivity index (χ1v) is 7.68. The van der Waals surface area contributed by atoms with Gasteiger partial charge in [-0.15, -0.1) is 0 Å². The Morgan fingerprint density at radius 1 is 1.43 bits per heavy atom. The molecule has 0 bridgehead atoms. The molecule has 6 heteroatoms. The zero-order chi connectivity index (χ0) is 15.2. The van der Waals surface area contributed by atoms with Gasteiger partial charge < -0.3 is 10.2 Å². The number of hydrogen-bond acceptors (Lipinski definition) is 3. The molecule has 6 nitrogen and oxygen atoms in total. The Labute approximate surface area is 125 Å². The fourth-order valence-corrected chi connectivity index (χ4v) is 2.44. The average Bonchev–Trinajstić information content (AvgIpc) is 2.89. The highest BCUT2D eigenvalue weighted by molar-refractivity contribution is 5.90. The van der Waals surface area contributed by atoms with Crippen molar-refractivity contribution in [3.05, 3.63) is 12.4 Å². The van der Waals surface area contributed by atoms with Crippen molar-refractivity contribution in [1.29, 1.82) is 0 Å². The Bertz CT molecular complexity index is 496. The molecule has 1 fully saturated rings. The number of nitrogens with one attached hydrogen (secondary N) is 1. The molecule has 0 saturated carbocycles. The highest BCUT2D eigenvalue weighted by atomic mass is 16.2. The minimum atomic E-state index is -0.0252. The molecular formula is C15H24N4O2. The topological polar surface area (TPSA) is 67.2 Å². The molecule has 1 saturated heterocycles. The van der Waals surface area contributed by atoms with E-state index in [2.05, 4.69) is 10.4 Å². The van der Waals surface area contributed by atoms with Crippen LogP contribution >= 0.6 is 0 Å². The van der Waals surface area contributed by atoms with Crippen molar-refractivity contribution in [2.24, 2.45) is 0 Å². The number of carbonyl (C=O) groups is 2. The van der Waals surface area contributed by atoms with Gasteiger partial charge in [0.25, 0.3) is 0 Å². The third-order valence-corrected chi connectivity index (χ3v) is 3.67. The summed E-state index contributed by atoms with van der Waals surface area (Å²) in [7, 11) is 0. The number of piperidine rings is 1. The second kappa shape index (κ2) is 7.24. The average molecular weight is 292 g/mol. The van der Waals surface area contributed by atoms with Gasteiger partial charge in [0.05, 0.1) is 11.9 Å². The van der Waals surface area contributed by atoms with Crippen LogP contribution in [0.2, 0.25) is 0 Å². The molecule has 1 aromatic heterocycles. The zero-order valence-corrected chi connectivity index (χ0v) is 12.8. The second-order valence-corrected chi connectivity index (χ2v) is 5.79. The van der Waals surface area contributed by atoms with E-state index in [1.54, 1.807) is 6.20 Å². The maximum atomic E-state index is 11.9. The van der Waals surface area contributed by atoms with Crippen LogP contribution in [0.3, 0.4) is 0 Å². The Balaban J connectivity index is 1.70. The van der Waals surface area contributed by atoms with Crippen LogP contribution < -0.4 is 5.32 Å². The lowest BCUT2D eigenvalue weighted by Gasteiger charge is -2.26. The van der Waals surface area contributed by atoms with Gasteiger partial charge in [-0.2, -0.15) is 5.10 Å².